The highest BCUT2D eigenvalue weighted by Crippen LogP contribution is 2.23. The van der Waals surface area contributed by atoms with E-state index in [4.69, 9.17) is 32.4 Å². The van der Waals surface area contributed by atoms with Crippen LogP contribution in [0.5, 0.6) is 5.75 Å². The number of hydrogen-bond acceptors (Lipinski definition) is 4. The maximum Gasteiger partial charge on any atom is 0.292 e. The lowest BCUT2D eigenvalue weighted by Gasteiger charge is -2.07. The van der Waals surface area contributed by atoms with Crippen molar-refractivity contribution in [2.45, 2.75) is 20.1 Å². The molecule has 1 amide bonds. The van der Waals surface area contributed by atoms with Gasteiger partial charge in [-0.05, 0) is 60.5 Å². The molecule has 0 bridgehead atoms. The maximum absolute atomic E-state index is 13.2. The summed E-state index contributed by atoms with van der Waals surface area (Å²) in [7, 11) is 0. The Kier molecular flexibility index (Phi) is 6.48. The second kappa shape index (κ2) is 9.46. The van der Waals surface area contributed by atoms with Gasteiger partial charge in [0, 0.05) is 22.3 Å². The first kappa shape index (κ1) is 21.9. The van der Waals surface area contributed by atoms with Crippen molar-refractivity contribution in [3.05, 3.63) is 99.3 Å². The van der Waals surface area contributed by atoms with E-state index in [2.05, 4.69) is 10.4 Å². The quantitative estimate of drug-likeness (QED) is 0.351. The van der Waals surface area contributed by atoms with Gasteiger partial charge in [-0.2, -0.15) is 5.10 Å². The van der Waals surface area contributed by atoms with Crippen molar-refractivity contribution in [2.24, 2.45) is 0 Å². The van der Waals surface area contributed by atoms with Crippen LogP contribution in [0.15, 0.2) is 65.2 Å². The molecule has 0 spiro atoms. The van der Waals surface area contributed by atoms with Gasteiger partial charge in [-0.1, -0.05) is 29.3 Å². The van der Waals surface area contributed by atoms with E-state index < -0.39 is 11.7 Å². The van der Waals surface area contributed by atoms with Gasteiger partial charge in [0.1, 0.15) is 23.9 Å². The summed E-state index contributed by atoms with van der Waals surface area (Å²) < 4.78 is 26.1. The molecular formula is C23H18Cl2FN3O3. The van der Waals surface area contributed by atoms with Gasteiger partial charge in [0.25, 0.3) is 5.91 Å². The number of halogens is 3. The molecule has 4 rings (SSSR count). The number of rotatable bonds is 7. The number of nitrogens with zero attached hydrogens (tertiary/aromatic N) is 2. The topological polar surface area (TPSA) is 69.3 Å². The van der Waals surface area contributed by atoms with Crippen molar-refractivity contribution < 1.29 is 18.3 Å². The molecule has 6 nitrogen and oxygen atoms in total. The first-order chi connectivity index (χ1) is 15.4. The number of aromatic nitrogens is 2. The van der Waals surface area contributed by atoms with Crippen LogP contribution in [-0.4, -0.2) is 15.7 Å². The van der Waals surface area contributed by atoms with E-state index in [1.54, 1.807) is 53.3 Å². The van der Waals surface area contributed by atoms with Crippen LogP contribution in [0.4, 0.5) is 10.2 Å². The van der Waals surface area contributed by atoms with Crippen molar-refractivity contribution >= 4 is 34.9 Å². The van der Waals surface area contributed by atoms with Gasteiger partial charge in [-0.25, -0.2) is 4.39 Å². The van der Waals surface area contributed by atoms with Crippen molar-refractivity contribution in [3.8, 4) is 5.75 Å². The van der Waals surface area contributed by atoms with Crippen molar-refractivity contribution in [1.82, 2.24) is 9.78 Å². The Hall–Kier alpha value is -3.29. The van der Waals surface area contributed by atoms with Crippen LogP contribution < -0.4 is 10.1 Å². The van der Waals surface area contributed by atoms with E-state index in [0.29, 0.717) is 39.5 Å². The van der Waals surface area contributed by atoms with E-state index in [-0.39, 0.29) is 12.4 Å². The van der Waals surface area contributed by atoms with Gasteiger partial charge >= 0.3 is 0 Å². The monoisotopic (exact) mass is 473 g/mol. The van der Waals surface area contributed by atoms with E-state index in [0.717, 1.165) is 5.56 Å². The molecule has 0 aliphatic carbocycles. The Balaban J connectivity index is 1.35. The average Bonchev–Trinajstić information content (AvgIpc) is 3.39. The highest BCUT2D eigenvalue weighted by atomic mass is 35.5. The number of carbonyl (C=O) groups excluding carboxylic acids is 1. The molecule has 32 heavy (non-hydrogen) atoms. The minimum atomic E-state index is -0.441. The zero-order valence-electron chi connectivity index (χ0n) is 16.9. The van der Waals surface area contributed by atoms with Crippen molar-refractivity contribution in [3.63, 3.8) is 0 Å². The number of furan rings is 1. The molecule has 0 unspecified atom stereocenters. The number of carbonyl (C=O) groups is 1. The zero-order chi connectivity index (χ0) is 22.7. The molecule has 0 aliphatic rings. The highest BCUT2D eigenvalue weighted by molar-refractivity contribution is 6.31. The largest absolute Gasteiger partial charge is 0.485 e. The fraction of sp³-hybridized carbons (Fsp3) is 0.130. The molecular weight excluding hydrogens is 456 g/mol. The second-order valence-electron chi connectivity index (χ2n) is 7.05. The summed E-state index contributed by atoms with van der Waals surface area (Å²) in [6.45, 7) is 2.40. The minimum Gasteiger partial charge on any atom is -0.485 e. The molecule has 0 saturated heterocycles. The third kappa shape index (κ3) is 5.30. The molecule has 4 aromatic rings. The van der Waals surface area contributed by atoms with Crippen LogP contribution in [-0.2, 0) is 13.2 Å². The van der Waals surface area contributed by atoms with Crippen LogP contribution in [0.25, 0.3) is 0 Å². The van der Waals surface area contributed by atoms with Gasteiger partial charge in [-0.3, -0.25) is 9.48 Å². The normalized spacial score (nSPS) is 10.9. The summed E-state index contributed by atoms with van der Waals surface area (Å²) in [5, 5.41) is 7.91. The van der Waals surface area contributed by atoms with E-state index in [1.807, 2.05) is 6.92 Å². The summed E-state index contributed by atoms with van der Waals surface area (Å²) in [4.78, 5) is 12.5. The number of ether oxygens (including phenoxy) is 1. The Morgan fingerprint density at radius 1 is 1.16 bits per heavy atom. The number of nitrogens with one attached hydrogen (secondary N) is 1. The molecule has 0 radical (unpaired) electrons. The number of amides is 1. The lowest BCUT2D eigenvalue weighted by Crippen LogP contribution is -2.12. The Morgan fingerprint density at radius 2 is 2.00 bits per heavy atom. The van der Waals surface area contributed by atoms with Crippen LogP contribution in [0.2, 0.25) is 10.0 Å². The number of benzene rings is 2. The van der Waals surface area contributed by atoms with Crippen LogP contribution in [0, 0.1) is 12.7 Å². The summed E-state index contributed by atoms with van der Waals surface area (Å²) >= 11 is 12.0. The van der Waals surface area contributed by atoms with Crippen molar-refractivity contribution in [1.29, 1.82) is 0 Å². The summed E-state index contributed by atoms with van der Waals surface area (Å²) in [6.07, 6.45) is 1.69. The van der Waals surface area contributed by atoms with Crippen LogP contribution >= 0.6 is 23.2 Å². The maximum atomic E-state index is 13.2. The summed E-state index contributed by atoms with van der Waals surface area (Å²) in [6, 6.07) is 14.4. The fourth-order valence-electron chi connectivity index (χ4n) is 3.02. The molecule has 0 aliphatic heterocycles. The van der Waals surface area contributed by atoms with Gasteiger partial charge < -0.3 is 14.5 Å². The molecule has 2 aromatic heterocycles. The molecule has 1 N–H and O–H groups in total. The molecule has 0 fully saturated rings. The third-order valence-electron chi connectivity index (χ3n) is 4.62. The second-order valence-corrected chi connectivity index (χ2v) is 7.90. The molecule has 164 valence electrons. The Bertz CT molecular complexity index is 1270. The van der Waals surface area contributed by atoms with Gasteiger partial charge in [0.2, 0.25) is 0 Å². The molecule has 0 saturated carbocycles. The van der Waals surface area contributed by atoms with Crippen LogP contribution in [0.1, 0.15) is 27.4 Å². The predicted octanol–water partition coefficient (Wildman–Crippen LogP) is 6.11. The lowest BCUT2D eigenvalue weighted by atomic mass is 10.2. The van der Waals surface area contributed by atoms with E-state index in [9.17, 15) is 9.18 Å². The summed E-state index contributed by atoms with van der Waals surface area (Å²) in [5.41, 5.74) is 1.61. The predicted molar refractivity (Wildman–Crippen MR) is 120 cm³/mol. The third-order valence-corrected chi connectivity index (χ3v) is 5.21. The first-order valence-corrected chi connectivity index (χ1v) is 10.4. The number of hydrogen-bond donors (Lipinski definition) is 1. The zero-order valence-corrected chi connectivity index (χ0v) is 18.5. The van der Waals surface area contributed by atoms with Gasteiger partial charge in [-0.15, -0.1) is 0 Å². The molecule has 2 heterocycles. The number of anilines is 1. The first-order valence-electron chi connectivity index (χ1n) is 9.64. The smallest absolute Gasteiger partial charge is 0.292 e. The van der Waals surface area contributed by atoms with Crippen molar-refractivity contribution in [2.75, 3.05) is 5.32 Å². The standard InChI is InChI=1S/C23H18Cl2FN3O3/c1-14-10-16(24)3-6-20(14)31-13-18-5-7-21(32-18)23(30)27-22-8-9-29(28-22)12-15-2-4-17(26)11-19(15)25/h2-11H,12-13H2,1H3,(H,27,28,30). The van der Waals surface area contributed by atoms with Crippen LogP contribution in [0.3, 0.4) is 0 Å². The molecule has 0 atom stereocenters. The average molecular weight is 474 g/mol. The summed E-state index contributed by atoms with van der Waals surface area (Å²) in [5.74, 6) is 0.819. The van der Waals surface area contributed by atoms with Gasteiger partial charge in [0.15, 0.2) is 11.6 Å². The van der Waals surface area contributed by atoms with E-state index >= 15 is 0 Å². The Morgan fingerprint density at radius 3 is 2.78 bits per heavy atom. The minimum absolute atomic E-state index is 0.132. The fourth-order valence-corrected chi connectivity index (χ4v) is 3.47. The van der Waals surface area contributed by atoms with Gasteiger partial charge in [0.05, 0.1) is 6.54 Å². The number of aryl methyl sites for hydroxylation is 1. The van der Waals surface area contributed by atoms with E-state index in [1.165, 1.54) is 12.1 Å². The lowest BCUT2D eigenvalue weighted by molar-refractivity contribution is 0.0992. The SMILES string of the molecule is Cc1cc(Cl)ccc1OCc1ccc(C(=O)Nc2ccn(Cc3ccc(F)cc3Cl)n2)o1. The molecule has 2 aromatic carbocycles. The Labute approximate surface area is 193 Å². The highest BCUT2D eigenvalue weighted by Gasteiger charge is 2.14. The molecule has 9 heteroatoms.